The van der Waals surface area contributed by atoms with Crippen LogP contribution in [0.25, 0.3) is 0 Å². The Morgan fingerprint density at radius 1 is 1.06 bits per heavy atom. The van der Waals surface area contributed by atoms with Crippen LogP contribution in [-0.2, 0) is 19.4 Å². The van der Waals surface area contributed by atoms with Crippen molar-refractivity contribution < 1.29 is 22.9 Å². The van der Waals surface area contributed by atoms with E-state index in [-0.39, 0.29) is 19.9 Å². The van der Waals surface area contributed by atoms with Crippen LogP contribution in [0.1, 0.15) is 12.8 Å². The van der Waals surface area contributed by atoms with Crippen molar-refractivity contribution >= 4 is 61.1 Å². The Morgan fingerprint density at radius 3 is 2.30 bits per heavy atom. The fraction of sp³-hybridized carbons (Fsp3) is 0.150. The van der Waals surface area contributed by atoms with Gasteiger partial charge in [-0.05, 0) is 37.1 Å². The monoisotopic (exact) mass is 506 g/mol. The Bertz CT molecular complexity index is 1370. The number of nitrogens with one attached hydrogen (secondary N) is 2. The minimum Gasteiger partial charge on any atom is -0.324 e. The van der Waals surface area contributed by atoms with Gasteiger partial charge in [0.15, 0.2) is 5.13 Å². The molecule has 4 rings (SSSR count). The zero-order chi connectivity index (χ0) is 23.8. The van der Waals surface area contributed by atoms with Crippen LogP contribution in [0.2, 0.25) is 5.02 Å². The summed E-state index contributed by atoms with van der Waals surface area (Å²) in [6, 6.07) is 11.1. The number of non-ortho nitro benzene ring substituents is 1. The summed E-state index contributed by atoms with van der Waals surface area (Å²) < 4.78 is 25.4. The Balaban J connectivity index is 1.48. The lowest BCUT2D eigenvalue weighted by atomic mass is 10.1. The van der Waals surface area contributed by atoms with Crippen LogP contribution >= 0.6 is 22.9 Å². The summed E-state index contributed by atoms with van der Waals surface area (Å²) in [5.74, 6) is -1.11. The smallest absolute Gasteiger partial charge is 0.269 e. The number of amides is 2. The molecule has 0 bridgehead atoms. The number of rotatable bonds is 7. The van der Waals surface area contributed by atoms with Gasteiger partial charge in [0.1, 0.15) is 9.62 Å². The Kier molecular flexibility index (Phi) is 5.91. The topological polar surface area (TPSA) is 148 Å². The molecule has 13 heteroatoms. The molecule has 0 radical (unpaired) electrons. The van der Waals surface area contributed by atoms with Gasteiger partial charge in [-0.25, -0.2) is 13.4 Å². The van der Waals surface area contributed by atoms with Crippen molar-refractivity contribution in [3.05, 3.63) is 69.9 Å². The molecule has 0 atom stereocenters. The maximum atomic E-state index is 12.8. The lowest BCUT2D eigenvalue weighted by Crippen LogP contribution is -2.35. The highest BCUT2D eigenvalue weighted by Gasteiger charge is 2.56. The van der Waals surface area contributed by atoms with E-state index >= 15 is 0 Å². The van der Waals surface area contributed by atoms with Gasteiger partial charge in [0.05, 0.1) is 26.7 Å². The summed E-state index contributed by atoms with van der Waals surface area (Å²) in [6.45, 7) is 0. The SMILES string of the molecule is O=C(Nc1ncc(S(=O)(=O)c2ccc([N+](=O)[O-])cc2)s1)C1(C(=O)Nc2ccccc2Cl)CC1. The van der Waals surface area contributed by atoms with Gasteiger partial charge in [-0.3, -0.25) is 19.7 Å². The number of halogens is 1. The van der Waals surface area contributed by atoms with Crippen molar-refractivity contribution in [2.75, 3.05) is 10.6 Å². The maximum absolute atomic E-state index is 12.8. The van der Waals surface area contributed by atoms with E-state index in [2.05, 4.69) is 15.6 Å². The van der Waals surface area contributed by atoms with E-state index < -0.39 is 32.0 Å². The molecule has 1 saturated carbocycles. The summed E-state index contributed by atoms with van der Waals surface area (Å²) in [6.07, 6.45) is 1.74. The Labute approximate surface area is 196 Å². The number of sulfone groups is 1. The first-order chi connectivity index (χ1) is 15.6. The van der Waals surface area contributed by atoms with Crippen LogP contribution in [-0.4, -0.2) is 30.1 Å². The summed E-state index contributed by atoms with van der Waals surface area (Å²) in [4.78, 5) is 39.4. The van der Waals surface area contributed by atoms with Gasteiger partial charge >= 0.3 is 0 Å². The molecule has 170 valence electrons. The molecular weight excluding hydrogens is 492 g/mol. The fourth-order valence-corrected chi connectivity index (χ4v) is 5.62. The molecule has 10 nitrogen and oxygen atoms in total. The fourth-order valence-electron chi connectivity index (χ4n) is 3.01. The van der Waals surface area contributed by atoms with Crippen LogP contribution in [0.5, 0.6) is 0 Å². The predicted octanol–water partition coefficient (Wildman–Crippen LogP) is 3.89. The molecule has 0 saturated heterocycles. The Hall–Kier alpha value is -3.35. The third-order valence-electron chi connectivity index (χ3n) is 5.07. The number of thiazole rings is 1. The molecular formula is C20H15ClN4O6S2. The van der Waals surface area contributed by atoms with Crippen molar-refractivity contribution in [2.45, 2.75) is 21.9 Å². The number of nitro groups is 1. The van der Waals surface area contributed by atoms with Gasteiger partial charge in [0.2, 0.25) is 21.7 Å². The first kappa shape index (κ1) is 22.8. The molecule has 33 heavy (non-hydrogen) atoms. The molecule has 2 N–H and O–H groups in total. The van der Waals surface area contributed by atoms with Gasteiger partial charge in [-0.2, -0.15) is 0 Å². The molecule has 1 heterocycles. The number of para-hydroxylation sites is 1. The zero-order valence-electron chi connectivity index (χ0n) is 16.6. The van der Waals surface area contributed by atoms with Crippen molar-refractivity contribution in [1.29, 1.82) is 0 Å². The van der Waals surface area contributed by atoms with E-state index in [4.69, 9.17) is 11.6 Å². The molecule has 2 amide bonds. The molecule has 1 fully saturated rings. The molecule has 1 aromatic heterocycles. The van der Waals surface area contributed by atoms with E-state index in [1.807, 2.05) is 0 Å². The largest absolute Gasteiger partial charge is 0.324 e. The third-order valence-corrected chi connectivity index (χ3v) is 8.54. The van der Waals surface area contributed by atoms with Crippen LogP contribution in [0.15, 0.2) is 63.8 Å². The number of hydrogen-bond acceptors (Lipinski definition) is 8. The van der Waals surface area contributed by atoms with Gasteiger partial charge in [0, 0.05) is 12.1 Å². The van der Waals surface area contributed by atoms with Crippen LogP contribution in [0.4, 0.5) is 16.5 Å². The average molecular weight is 507 g/mol. The summed E-state index contributed by atoms with van der Waals surface area (Å²) in [7, 11) is -3.99. The number of nitrogens with zero attached hydrogens (tertiary/aromatic N) is 2. The predicted molar refractivity (Wildman–Crippen MR) is 121 cm³/mol. The second-order valence-electron chi connectivity index (χ2n) is 7.21. The first-order valence-corrected chi connectivity index (χ1v) is 12.1. The standard InChI is InChI=1S/C20H15ClN4O6S2/c21-14-3-1-2-4-15(14)23-17(26)20(9-10-20)18(27)24-19-22-11-16(32-19)33(30,31)13-7-5-12(6-8-13)25(28)29/h1-8,11H,9-10H2,(H,23,26)(H,22,24,27). The van der Waals surface area contributed by atoms with E-state index in [0.29, 0.717) is 23.6 Å². The molecule has 2 aromatic carbocycles. The first-order valence-electron chi connectivity index (χ1n) is 9.46. The third kappa shape index (κ3) is 4.45. The minimum absolute atomic E-state index is 0.0114. The van der Waals surface area contributed by atoms with Crippen molar-refractivity contribution in [1.82, 2.24) is 4.98 Å². The van der Waals surface area contributed by atoms with Crippen LogP contribution in [0, 0.1) is 15.5 Å². The lowest BCUT2D eigenvalue weighted by molar-refractivity contribution is -0.384. The number of nitro benzene ring substituents is 1. The minimum atomic E-state index is -3.99. The molecule has 0 spiro atoms. The summed E-state index contributed by atoms with van der Waals surface area (Å²) >= 11 is 6.77. The highest BCUT2D eigenvalue weighted by molar-refractivity contribution is 7.93. The number of aromatic nitrogens is 1. The highest BCUT2D eigenvalue weighted by atomic mass is 35.5. The van der Waals surface area contributed by atoms with Crippen molar-refractivity contribution in [3.63, 3.8) is 0 Å². The molecule has 3 aromatic rings. The van der Waals surface area contributed by atoms with Gasteiger partial charge in [0.25, 0.3) is 5.69 Å². The molecule has 0 unspecified atom stereocenters. The van der Waals surface area contributed by atoms with Crippen LogP contribution < -0.4 is 10.6 Å². The second kappa shape index (κ2) is 8.54. The number of anilines is 2. The van der Waals surface area contributed by atoms with Gasteiger partial charge < -0.3 is 10.6 Å². The number of benzene rings is 2. The second-order valence-corrected chi connectivity index (χ2v) is 10.8. The summed E-state index contributed by atoms with van der Waals surface area (Å²) in [5.41, 5.74) is -1.15. The normalized spacial score (nSPS) is 14.3. The quantitative estimate of drug-likeness (QED) is 0.280. The lowest BCUT2D eigenvalue weighted by Gasteiger charge is -2.15. The molecule has 1 aliphatic rings. The average Bonchev–Trinajstić information content (AvgIpc) is 3.48. The number of hydrogen-bond donors (Lipinski definition) is 2. The van der Waals surface area contributed by atoms with Crippen molar-refractivity contribution in [2.24, 2.45) is 5.41 Å². The summed E-state index contributed by atoms with van der Waals surface area (Å²) in [5, 5.41) is 16.3. The Morgan fingerprint density at radius 2 is 1.70 bits per heavy atom. The van der Waals surface area contributed by atoms with Crippen molar-refractivity contribution in [3.8, 4) is 0 Å². The number of carbonyl (C=O) groups excluding carboxylic acids is 2. The molecule has 1 aliphatic carbocycles. The van der Waals surface area contributed by atoms with E-state index in [0.717, 1.165) is 41.8 Å². The van der Waals surface area contributed by atoms with Gasteiger partial charge in [-0.15, -0.1) is 0 Å². The zero-order valence-corrected chi connectivity index (χ0v) is 19.0. The highest BCUT2D eigenvalue weighted by Crippen LogP contribution is 2.48. The van der Waals surface area contributed by atoms with E-state index in [9.17, 15) is 28.1 Å². The maximum Gasteiger partial charge on any atom is 0.269 e. The molecule has 0 aliphatic heterocycles. The van der Waals surface area contributed by atoms with E-state index in [1.165, 1.54) is 0 Å². The van der Waals surface area contributed by atoms with E-state index in [1.54, 1.807) is 24.3 Å². The van der Waals surface area contributed by atoms with Crippen LogP contribution in [0.3, 0.4) is 0 Å². The number of carbonyl (C=O) groups is 2. The van der Waals surface area contributed by atoms with Gasteiger partial charge in [-0.1, -0.05) is 35.1 Å².